The Bertz CT molecular complexity index is 772. The number of nitrogens with zero attached hydrogens (tertiary/aromatic N) is 2. The molecule has 0 amide bonds. The van der Waals surface area contributed by atoms with Gasteiger partial charge >= 0.3 is 0 Å². The standard InChI is InChI=1S/C17H16N2O2/c20-15(12-8-9-12)10-16-18-17(19-21-16)14-7-3-5-11-4-1-2-6-13(11)14/h1-7,12,15,20H,8-10H2. The van der Waals surface area contributed by atoms with Crippen molar-refractivity contribution >= 4 is 10.8 Å². The lowest BCUT2D eigenvalue weighted by Crippen LogP contribution is -2.12. The van der Waals surface area contributed by atoms with Crippen LogP contribution in [0.1, 0.15) is 18.7 Å². The normalized spacial score (nSPS) is 16.2. The lowest BCUT2D eigenvalue weighted by molar-refractivity contribution is 0.140. The fraction of sp³-hybridized carbons (Fsp3) is 0.294. The van der Waals surface area contributed by atoms with Crippen LogP contribution in [0.5, 0.6) is 0 Å². The van der Waals surface area contributed by atoms with Gasteiger partial charge in [0, 0.05) is 5.56 Å². The molecule has 1 aliphatic rings. The Kier molecular flexibility index (Phi) is 2.97. The monoisotopic (exact) mass is 280 g/mol. The average molecular weight is 280 g/mol. The fourth-order valence-electron chi connectivity index (χ4n) is 2.69. The Morgan fingerprint density at radius 2 is 1.95 bits per heavy atom. The van der Waals surface area contributed by atoms with Gasteiger partial charge in [-0.15, -0.1) is 0 Å². The molecule has 3 aromatic rings. The number of hydrogen-bond acceptors (Lipinski definition) is 4. The molecule has 0 saturated heterocycles. The first kappa shape index (κ1) is 12.5. The molecule has 0 aliphatic heterocycles. The molecule has 1 atom stereocenters. The zero-order chi connectivity index (χ0) is 14.2. The van der Waals surface area contributed by atoms with Gasteiger partial charge in [-0.2, -0.15) is 4.98 Å². The molecule has 1 unspecified atom stereocenters. The molecule has 0 radical (unpaired) electrons. The molecule has 1 aliphatic carbocycles. The Hall–Kier alpha value is -2.20. The molecule has 1 N–H and O–H groups in total. The molecule has 1 saturated carbocycles. The van der Waals surface area contributed by atoms with Gasteiger partial charge in [0.25, 0.3) is 0 Å². The van der Waals surface area contributed by atoms with E-state index in [1.807, 2.05) is 24.3 Å². The minimum atomic E-state index is -0.356. The number of hydrogen-bond donors (Lipinski definition) is 1. The summed E-state index contributed by atoms with van der Waals surface area (Å²) < 4.78 is 5.30. The molecule has 0 spiro atoms. The fourth-order valence-corrected chi connectivity index (χ4v) is 2.69. The highest BCUT2D eigenvalue weighted by molar-refractivity contribution is 5.94. The molecule has 4 rings (SSSR count). The molecule has 0 bridgehead atoms. The third kappa shape index (κ3) is 2.43. The van der Waals surface area contributed by atoms with Crippen LogP contribution < -0.4 is 0 Å². The summed E-state index contributed by atoms with van der Waals surface area (Å²) in [6, 6.07) is 14.2. The predicted octanol–water partition coefficient (Wildman–Crippen LogP) is 3.20. The maximum atomic E-state index is 9.97. The van der Waals surface area contributed by atoms with Crippen molar-refractivity contribution < 1.29 is 9.63 Å². The van der Waals surface area contributed by atoms with E-state index in [0.717, 1.165) is 29.2 Å². The largest absolute Gasteiger partial charge is 0.392 e. The predicted molar refractivity (Wildman–Crippen MR) is 79.7 cm³/mol. The number of aliphatic hydroxyl groups is 1. The van der Waals surface area contributed by atoms with E-state index < -0.39 is 0 Å². The van der Waals surface area contributed by atoms with E-state index in [1.165, 1.54) is 0 Å². The summed E-state index contributed by atoms with van der Waals surface area (Å²) in [6.45, 7) is 0. The Labute approximate surface area is 122 Å². The summed E-state index contributed by atoms with van der Waals surface area (Å²) in [5, 5.41) is 16.3. The van der Waals surface area contributed by atoms with Crippen molar-refractivity contribution in [3.63, 3.8) is 0 Å². The van der Waals surface area contributed by atoms with Crippen LogP contribution in [0.15, 0.2) is 47.0 Å². The van der Waals surface area contributed by atoms with Crippen LogP contribution in [-0.4, -0.2) is 21.4 Å². The van der Waals surface area contributed by atoms with E-state index >= 15 is 0 Å². The number of rotatable bonds is 4. The molecule has 2 aromatic carbocycles. The highest BCUT2D eigenvalue weighted by Gasteiger charge is 2.31. The van der Waals surface area contributed by atoms with Gasteiger partial charge in [-0.05, 0) is 29.5 Å². The van der Waals surface area contributed by atoms with Gasteiger partial charge in [0.2, 0.25) is 11.7 Å². The van der Waals surface area contributed by atoms with Gasteiger partial charge in [0.15, 0.2) is 0 Å². The number of fused-ring (bicyclic) bond motifs is 1. The van der Waals surface area contributed by atoms with Gasteiger partial charge in [0.1, 0.15) is 0 Å². The Morgan fingerprint density at radius 1 is 1.14 bits per heavy atom. The van der Waals surface area contributed by atoms with Crippen molar-refractivity contribution in [1.82, 2.24) is 10.1 Å². The maximum Gasteiger partial charge on any atom is 0.229 e. The van der Waals surface area contributed by atoms with Gasteiger partial charge in [-0.25, -0.2) is 0 Å². The first-order valence-corrected chi connectivity index (χ1v) is 7.30. The zero-order valence-electron chi connectivity index (χ0n) is 11.6. The van der Waals surface area contributed by atoms with Gasteiger partial charge in [-0.3, -0.25) is 0 Å². The summed E-state index contributed by atoms with van der Waals surface area (Å²) in [7, 11) is 0. The molecular weight excluding hydrogens is 264 g/mol. The van der Waals surface area contributed by atoms with Crippen LogP contribution in [0, 0.1) is 5.92 Å². The second-order valence-electron chi connectivity index (χ2n) is 5.65. The van der Waals surface area contributed by atoms with Crippen LogP contribution in [0.3, 0.4) is 0 Å². The third-order valence-electron chi connectivity index (χ3n) is 4.05. The van der Waals surface area contributed by atoms with Crippen LogP contribution in [-0.2, 0) is 6.42 Å². The first-order chi connectivity index (χ1) is 10.3. The van der Waals surface area contributed by atoms with Crippen LogP contribution >= 0.6 is 0 Å². The van der Waals surface area contributed by atoms with E-state index in [2.05, 4.69) is 28.3 Å². The van der Waals surface area contributed by atoms with Crippen molar-refractivity contribution in [2.24, 2.45) is 5.92 Å². The van der Waals surface area contributed by atoms with Crippen LogP contribution in [0.4, 0.5) is 0 Å². The Balaban J connectivity index is 1.67. The molecular formula is C17H16N2O2. The van der Waals surface area contributed by atoms with Gasteiger partial charge in [0.05, 0.1) is 12.5 Å². The van der Waals surface area contributed by atoms with Crippen molar-refractivity contribution in [3.05, 3.63) is 48.4 Å². The highest BCUT2D eigenvalue weighted by Crippen LogP contribution is 2.34. The minimum absolute atomic E-state index is 0.356. The summed E-state index contributed by atoms with van der Waals surface area (Å²) in [5.74, 6) is 1.51. The lowest BCUT2D eigenvalue weighted by atomic mass is 10.0. The van der Waals surface area contributed by atoms with Crippen molar-refractivity contribution in [2.75, 3.05) is 0 Å². The molecule has 1 aromatic heterocycles. The highest BCUT2D eigenvalue weighted by atomic mass is 16.5. The number of benzene rings is 2. The summed E-state index contributed by atoms with van der Waals surface area (Å²) >= 11 is 0. The van der Waals surface area contributed by atoms with Crippen molar-refractivity contribution in [3.8, 4) is 11.4 Å². The second-order valence-corrected chi connectivity index (χ2v) is 5.65. The molecule has 106 valence electrons. The van der Waals surface area contributed by atoms with E-state index in [9.17, 15) is 5.11 Å². The number of aliphatic hydroxyl groups excluding tert-OH is 1. The van der Waals surface area contributed by atoms with Gasteiger partial charge in [-0.1, -0.05) is 47.6 Å². The average Bonchev–Trinajstić information content (AvgIpc) is 3.27. The van der Waals surface area contributed by atoms with E-state index in [1.54, 1.807) is 0 Å². The second kappa shape index (κ2) is 4.97. The quantitative estimate of drug-likeness (QED) is 0.797. The summed E-state index contributed by atoms with van der Waals surface area (Å²) in [4.78, 5) is 4.44. The smallest absolute Gasteiger partial charge is 0.229 e. The lowest BCUT2D eigenvalue weighted by Gasteiger charge is -2.03. The van der Waals surface area contributed by atoms with E-state index in [0.29, 0.717) is 24.1 Å². The summed E-state index contributed by atoms with van der Waals surface area (Å²) in [6.07, 6.45) is 2.30. The zero-order valence-corrected chi connectivity index (χ0v) is 11.6. The molecule has 21 heavy (non-hydrogen) atoms. The van der Waals surface area contributed by atoms with E-state index in [4.69, 9.17) is 4.52 Å². The Morgan fingerprint density at radius 3 is 2.81 bits per heavy atom. The maximum absolute atomic E-state index is 9.97. The third-order valence-corrected chi connectivity index (χ3v) is 4.05. The minimum Gasteiger partial charge on any atom is -0.392 e. The van der Waals surface area contributed by atoms with Crippen LogP contribution in [0.2, 0.25) is 0 Å². The molecule has 1 fully saturated rings. The molecule has 4 heteroatoms. The molecule has 1 heterocycles. The van der Waals surface area contributed by atoms with Gasteiger partial charge < -0.3 is 9.63 Å². The number of aromatic nitrogens is 2. The SMILES string of the molecule is OC(Cc1nc(-c2cccc3ccccc23)no1)C1CC1. The summed E-state index contributed by atoms with van der Waals surface area (Å²) in [5.41, 5.74) is 0.962. The van der Waals surface area contributed by atoms with Crippen molar-refractivity contribution in [2.45, 2.75) is 25.4 Å². The van der Waals surface area contributed by atoms with Crippen molar-refractivity contribution in [1.29, 1.82) is 0 Å². The molecule has 4 nitrogen and oxygen atoms in total. The first-order valence-electron chi connectivity index (χ1n) is 7.30. The van der Waals surface area contributed by atoms with Crippen LogP contribution in [0.25, 0.3) is 22.2 Å². The van der Waals surface area contributed by atoms with E-state index in [-0.39, 0.29) is 6.10 Å². The topological polar surface area (TPSA) is 59.2 Å².